The van der Waals surface area contributed by atoms with E-state index in [1.807, 2.05) is 0 Å². The minimum Gasteiger partial charge on any atom is -0.383 e. The van der Waals surface area contributed by atoms with Crippen molar-refractivity contribution in [3.8, 4) is 0 Å². The lowest BCUT2D eigenvalue weighted by molar-refractivity contribution is 0.0642. The number of aromatic nitrogens is 1. The smallest absolute Gasteiger partial charge is 0.261 e. The zero-order valence-corrected chi connectivity index (χ0v) is 13.7. The Bertz CT molecular complexity index is 820. The molecule has 0 spiro atoms. The molecule has 0 bridgehead atoms. The van der Waals surface area contributed by atoms with Crippen molar-refractivity contribution in [1.29, 1.82) is 0 Å². The summed E-state index contributed by atoms with van der Waals surface area (Å²) in [5.74, 6) is -1.07. The van der Waals surface area contributed by atoms with Crippen LogP contribution in [-0.4, -0.2) is 47.9 Å². The number of carbonyl (C=O) groups is 3. The summed E-state index contributed by atoms with van der Waals surface area (Å²) < 4.78 is 4.88. The molecule has 1 aromatic heterocycles. The monoisotopic (exact) mass is 339 g/mol. The highest BCUT2D eigenvalue weighted by atomic mass is 16.5. The number of rotatable bonds is 6. The Kier molecular flexibility index (Phi) is 4.85. The van der Waals surface area contributed by atoms with Gasteiger partial charge in [-0.2, -0.15) is 0 Å². The molecule has 1 aromatic carbocycles. The fourth-order valence-electron chi connectivity index (χ4n) is 2.62. The first-order valence-electron chi connectivity index (χ1n) is 7.78. The first-order chi connectivity index (χ1) is 12.1. The van der Waals surface area contributed by atoms with Crippen molar-refractivity contribution in [3.05, 3.63) is 65.0 Å². The molecule has 7 nitrogen and oxygen atoms in total. The number of hydrogen-bond acceptors (Lipinski definition) is 5. The Labute approximate surface area is 144 Å². The molecule has 0 atom stereocenters. The Morgan fingerprint density at radius 3 is 2.56 bits per heavy atom. The summed E-state index contributed by atoms with van der Waals surface area (Å²) in [5.41, 5.74) is 1.70. The van der Waals surface area contributed by atoms with Gasteiger partial charge in [0.05, 0.1) is 24.3 Å². The molecule has 1 aliphatic rings. The molecule has 0 fully saturated rings. The molecule has 2 aromatic rings. The van der Waals surface area contributed by atoms with Crippen LogP contribution in [0.1, 0.15) is 36.6 Å². The predicted octanol–water partition coefficient (Wildman–Crippen LogP) is 1.25. The minimum absolute atomic E-state index is 0.171. The van der Waals surface area contributed by atoms with Crippen LogP contribution in [0.3, 0.4) is 0 Å². The summed E-state index contributed by atoms with van der Waals surface area (Å²) in [6.45, 7) is 0.936. The predicted molar refractivity (Wildman–Crippen MR) is 89.1 cm³/mol. The van der Waals surface area contributed by atoms with Crippen LogP contribution in [-0.2, 0) is 11.3 Å². The van der Waals surface area contributed by atoms with E-state index in [2.05, 4.69) is 10.3 Å². The topological polar surface area (TPSA) is 88.6 Å². The molecule has 1 N–H and O–H groups in total. The molecule has 7 heteroatoms. The second kappa shape index (κ2) is 7.23. The second-order valence-corrected chi connectivity index (χ2v) is 5.56. The number of nitrogens with zero attached hydrogens (tertiary/aromatic N) is 2. The van der Waals surface area contributed by atoms with Crippen molar-refractivity contribution >= 4 is 17.7 Å². The Morgan fingerprint density at radius 2 is 1.84 bits per heavy atom. The van der Waals surface area contributed by atoms with Crippen molar-refractivity contribution in [1.82, 2.24) is 15.2 Å². The van der Waals surface area contributed by atoms with Gasteiger partial charge < -0.3 is 10.1 Å². The molecule has 0 saturated carbocycles. The highest BCUT2D eigenvalue weighted by Crippen LogP contribution is 2.25. The molecular formula is C18H17N3O4. The number of fused-ring (bicyclic) bond motifs is 1. The zero-order valence-electron chi connectivity index (χ0n) is 13.7. The molecule has 2 heterocycles. The third-order valence-corrected chi connectivity index (χ3v) is 3.91. The number of amides is 3. The number of carbonyl (C=O) groups excluding carboxylic acids is 3. The quantitative estimate of drug-likeness (QED) is 0.632. The van der Waals surface area contributed by atoms with Gasteiger partial charge in [-0.05, 0) is 35.9 Å². The molecule has 0 radical (unpaired) electrons. The molecule has 3 amide bonds. The van der Waals surface area contributed by atoms with Crippen LogP contribution in [0.4, 0.5) is 0 Å². The van der Waals surface area contributed by atoms with E-state index in [1.165, 1.54) is 17.0 Å². The van der Waals surface area contributed by atoms with Crippen LogP contribution in [0.2, 0.25) is 0 Å². The fraction of sp³-hybridized carbons (Fsp3) is 0.222. The van der Waals surface area contributed by atoms with Gasteiger partial charge >= 0.3 is 0 Å². The fourth-order valence-corrected chi connectivity index (χ4v) is 2.62. The molecule has 0 aliphatic carbocycles. The maximum atomic E-state index is 12.6. The molecule has 1 aliphatic heterocycles. The number of hydrogen-bond donors (Lipinski definition) is 1. The summed E-state index contributed by atoms with van der Waals surface area (Å²) in [6, 6.07) is 8.02. The summed E-state index contributed by atoms with van der Waals surface area (Å²) in [4.78, 5) is 42.2. The van der Waals surface area contributed by atoms with Crippen molar-refractivity contribution in [2.24, 2.45) is 0 Å². The number of nitrogens with one attached hydrogen (secondary N) is 1. The van der Waals surface area contributed by atoms with Gasteiger partial charge in [0.15, 0.2) is 0 Å². The van der Waals surface area contributed by atoms with Gasteiger partial charge in [-0.15, -0.1) is 0 Å². The van der Waals surface area contributed by atoms with Gasteiger partial charge in [0, 0.05) is 31.6 Å². The molecule has 0 unspecified atom stereocenters. The van der Waals surface area contributed by atoms with Gasteiger partial charge in [-0.25, -0.2) is 0 Å². The maximum Gasteiger partial charge on any atom is 0.261 e. The molecule has 3 rings (SSSR count). The standard InChI is InChI=1S/C18H17N3O4/c1-25-9-8-20-16(22)13-2-3-14-15(10-13)18(24)21(17(14)23)11-12-4-6-19-7-5-12/h2-7,10H,8-9,11H2,1H3,(H,20,22). The van der Waals surface area contributed by atoms with E-state index in [0.29, 0.717) is 24.3 Å². The van der Waals surface area contributed by atoms with Crippen LogP contribution in [0.5, 0.6) is 0 Å². The first kappa shape index (κ1) is 16.8. The summed E-state index contributed by atoms with van der Waals surface area (Å²) in [6.07, 6.45) is 3.21. The van der Waals surface area contributed by atoms with E-state index in [9.17, 15) is 14.4 Å². The zero-order chi connectivity index (χ0) is 17.8. The Morgan fingerprint density at radius 1 is 1.12 bits per heavy atom. The van der Waals surface area contributed by atoms with E-state index in [0.717, 1.165) is 5.56 Å². The summed E-state index contributed by atoms with van der Waals surface area (Å²) in [7, 11) is 1.54. The van der Waals surface area contributed by atoms with Gasteiger partial charge in [-0.3, -0.25) is 24.3 Å². The van der Waals surface area contributed by atoms with Gasteiger partial charge in [0.1, 0.15) is 0 Å². The lowest BCUT2D eigenvalue weighted by Crippen LogP contribution is -2.29. The van der Waals surface area contributed by atoms with Crippen molar-refractivity contribution in [3.63, 3.8) is 0 Å². The van der Waals surface area contributed by atoms with Gasteiger partial charge in [0.2, 0.25) is 0 Å². The van der Waals surface area contributed by atoms with E-state index < -0.39 is 5.91 Å². The van der Waals surface area contributed by atoms with Crippen molar-refractivity contribution in [2.75, 3.05) is 20.3 Å². The van der Waals surface area contributed by atoms with E-state index in [1.54, 1.807) is 37.7 Å². The number of pyridine rings is 1. The average molecular weight is 339 g/mol. The molecule has 0 saturated heterocycles. The minimum atomic E-state index is -0.400. The number of imide groups is 1. The third kappa shape index (κ3) is 3.41. The number of methoxy groups -OCH3 is 1. The molecule has 128 valence electrons. The molecular weight excluding hydrogens is 322 g/mol. The maximum absolute atomic E-state index is 12.6. The summed E-state index contributed by atoms with van der Waals surface area (Å²) in [5, 5.41) is 2.69. The van der Waals surface area contributed by atoms with Gasteiger partial charge in [0.25, 0.3) is 17.7 Å². The Hall–Kier alpha value is -3.06. The van der Waals surface area contributed by atoms with Crippen LogP contribution < -0.4 is 5.32 Å². The molecule has 25 heavy (non-hydrogen) atoms. The summed E-state index contributed by atoms with van der Waals surface area (Å²) >= 11 is 0. The normalized spacial score (nSPS) is 13.1. The van der Waals surface area contributed by atoms with E-state index in [4.69, 9.17) is 4.74 Å². The van der Waals surface area contributed by atoms with Crippen LogP contribution in [0.25, 0.3) is 0 Å². The number of ether oxygens (including phenoxy) is 1. The number of benzene rings is 1. The van der Waals surface area contributed by atoms with Crippen molar-refractivity contribution < 1.29 is 19.1 Å². The van der Waals surface area contributed by atoms with Crippen LogP contribution >= 0.6 is 0 Å². The SMILES string of the molecule is COCCNC(=O)c1ccc2c(c1)C(=O)N(Cc1ccncc1)C2=O. The van der Waals surface area contributed by atoms with Crippen molar-refractivity contribution in [2.45, 2.75) is 6.54 Å². The second-order valence-electron chi connectivity index (χ2n) is 5.56. The highest BCUT2D eigenvalue weighted by Gasteiger charge is 2.35. The lowest BCUT2D eigenvalue weighted by atomic mass is 10.1. The largest absolute Gasteiger partial charge is 0.383 e. The van der Waals surface area contributed by atoms with Crippen LogP contribution in [0.15, 0.2) is 42.7 Å². The lowest BCUT2D eigenvalue weighted by Gasteiger charge is -2.13. The van der Waals surface area contributed by atoms with E-state index >= 15 is 0 Å². The van der Waals surface area contributed by atoms with Crippen LogP contribution in [0, 0.1) is 0 Å². The van der Waals surface area contributed by atoms with Gasteiger partial charge in [-0.1, -0.05) is 0 Å². The Balaban J connectivity index is 1.79. The third-order valence-electron chi connectivity index (χ3n) is 3.91. The highest BCUT2D eigenvalue weighted by molar-refractivity contribution is 6.22. The van der Waals surface area contributed by atoms with E-state index in [-0.39, 0.29) is 23.9 Å². The first-order valence-corrected chi connectivity index (χ1v) is 7.78. The average Bonchev–Trinajstić information content (AvgIpc) is 2.87.